The van der Waals surface area contributed by atoms with Gasteiger partial charge in [0.15, 0.2) is 0 Å². The van der Waals surface area contributed by atoms with E-state index >= 15 is 0 Å². The lowest BCUT2D eigenvalue weighted by Crippen LogP contribution is -2.31. The third kappa shape index (κ3) is 7.93. The molecule has 1 rings (SSSR count). The molecule has 0 radical (unpaired) electrons. The van der Waals surface area contributed by atoms with Crippen LogP contribution in [0, 0.1) is 5.92 Å². The minimum Gasteiger partial charge on any atom is -0.399 e. The van der Waals surface area contributed by atoms with Crippen LogP contribution >= 0.6 is 12.4 Å². The minimum atomic E-state index is 0. The summed E-state index contributed by atoms with van der Waals surface area (Å²) in [5.41, 5.74) is 7.30. The van der Waals surface area contributed by atoms with Crippen molar-refractivity contribution in [3.8, 4) is 0 Å². The number of nitrogens with one attached hydrogen (secondary N) is 1. The maximum atomic E-state index is 11.8. The molecule has 0 heterocycles. The van der Waals surface area contributed by atoms with Crippen molar-refractivity contribution < 1.29 is 9.53 Å². The van der Waals surface area contributed by atoms with Crippen LogP contribution in [0.4, 0.5) is 5.69 Å². The third-order valence-corrected chi connectivity index (χ3v) is 3.22. The van der Waals surface area contributed by atoms with Crippen LogP contribution in [0.1, 0.15) is 32.8 Å². The number of rotatable bonds is 8. The standard InChI is InChI=1S/C16H26N2O2.ClH/c1-4-20-15(12(2)3)9-10-18-16(19)11-13-5-7-14(17)8-6-13;/h5-8,12,15H,4,9-11,17H2,1-3H3,(H,18,19);1H. The summed E-state index contributed by atoms with van der Waals surface area (Å²) in [5.74, 6) is 0.498. The van der Waals surface area contributed by atoms with Gasteiger partial charge in [0.1, 0.15) is 0 Å². The first-order valence-corrected chi connectivity index (χ1v) is 7.25. The second kappa shape index (κ2) is 10.5. The van der Waals surface area contributed by atoms with Crippen molar-refractivity contribution in [3.63, 3.8) is 0 Å². The van der Waals surface area contributed by atoms with Crippen LogP contribution in [-0.2, 0) is 16.0 Å². The summed E-state index contributed by atoms with van der Waals surface area (Å²) >= 11 is 0. The van der Waals surface area contributed by atoms with Crippen molar-refractivity contribution in [3.05, 3.63) is 29.8 Å². The Bertz CT molecular complexity index is 407. The van der Waals surface area contributed by atoms with E-state index in [1.807, 2.05) is 31.2 Å². The fourth-order valence-electron chi connectivity index (χ4n) is 2.06. The predicted octanol–water partition coefficient (Wildman–Crippen LogP) is 2.80. The molecule has 1 amide bonds. The lowest BCUT2D eigenvalue weighted by molar-refractivity contribution is -0.120. The summed E-state index contributed by atoms with van der Waals surface area (Å²) in [7, 11) is 0. The zero-order chi connectivity index (χ0) is 15.0. The number of carbonyl (C=O) groups is 1. The molecule has 3 N–H and O–H groups in total. The summed E-state index contributed by atoms with van der Waals surface area (Å²) in [6.07, 6.45) is 1.44. The number of carbonyl (C=O) groups excluding carboxylic acids is 1. The molecular weight excluding hydrogens is 288 g/mol. The maximum absolute atomic E-state index is 11.8. The van der Waals surface area contributed by atoms with Crippen molar-refractivity contribution in [2.45, 2.75) is 39.7 Å². The first kappa shape index (κ1) is 19.7. The van der Waals surface area contributed by atoms with E-state index in [1.54, 1.807) is 0 Å². The zero-order valence-electron chi connectivity index (χ0n) is 13.1. The molecule has 0 fully saturated rings. The van der Waals surface area contributed by atoms with Gasteiger partial charge in [-0.3, -0.25) is 4.79 Å². The van der Waals surface area contributed by atoms with Crippen LogP contribution in [0.2, 0.25) is 0 Å². The molecule has 0 aliphatic carbocycles. The van der Waals surface area contributed by atoms with Crippen molar-refractivity contribution in [2.75, 3.05) is 18.9 Å². The molecule has 1 atom stereocenters. The van der Waals surface area contributed by atoms with Gasteiger partial charge in [0.05, 0.1) is 12.5 Å². The molecule has 0 saturated carbocycles. The monoisotopic (exact) mass is 314 g/mol. The van der Waals surface area contributed by atoms with Gasteiger partial charge in [0.25, 0.3) is 0 Å². The van der Waals surface area contributed by atoms with Gasteiger partial charge < -0.3 is 15.8 Å². The molecule has 1 unspecified atom stereocenters. The average Bonchev–Trinajstić information content (AvgIpc) is 2.40. The van der Waals surface area contributed by atoms with Crippen LogP contribution < -0.4 is 11.1 Å². The molecule has 0 aromatic heterocycles. The van der Waals surface area contributed by atoms with Gasteiger partial charge in [0.2, 0.25) is 5.91 Å². The van der Waals surface area contributed by atoms with Gasteiger partial charge in [-0.15, -0.1) is 12.4 Å². The summed E-state index contributed by atoms with van der Waals surface area (Å²) < 4.78 is 5.65. The van der Waals surface area contributed by atoms with E-state index in [0.717, 1.165) is 12.0 Å². The SMILES string of the molecule is CCOC(CCNC(=O)Cc1ccc(N)cc1)C(C)C.Cl. The van der Waals surface area contributed by atoms with E-state index in [-0.39, 0.29) is 24.4 Å². The molecule has 0 bridgehead atoms. The van der Waals surface area contributed by atoms with Gasteiger partial charge in [-0.25, -0.2) is 0 Å². The first-order valence-electron chi connectivity index (χ1n) is 7.25. The summed E-state index contributed by atoms with van der Waals surface area (Å²) in [5, 5.41) is 2.94. The predicted molar refractivity (Wildman–Crippen MR) is 89.7 cm³/mol. The third-order valence-electron chi connectivity index (χ3n) is 3.22. The molecule has 0 saturated heterocycles. The van der Waals surface area contributed by atoms with Gasteiger partial charge in [-0.2, -0.15) is 0 Å². The van der Waals surface area contributed by atoms with Crippen molar-refractivity contribution in [2.24, 2.45) is 5.92 Å². The Kier molecular flexibility index (Phi) is 9.84. The largest absolute Gasteiger partial charge is 0.399 e. The number of amides is 1. The molecular formula is C16H27ClN2O2. The number of benzene rings is 1. The quantitative estimate of drug-likeness (QED) is 0.725. The summed E-state index contributed by atoms with van der Waals surface area (Å²) in [6.45, 7) is 7.63. The second-order valence-corrected chi connectivity index (χ2v) is 5.29. The van der Waals surface area contributed by atoms with Gasteiger partial charge in [0, 0.05) is 18.8 Å². The molecule has 0 aliphatic rings. The number of nitrogen functional groups attached to an aromatic ring is 1. The van der Waals surface area contributed by atoms with Crippen LogP contribution in [-0.4, -0.2) is 25.2 Å². The Labute approximate surface area is 133 Å². The fraction of sp³-hybridized carbons (Fsp3) is 0.562. The Balaban J connectivity index is 0.00000400. The maximum Gasteiger partial charge on any atom is 0.224 e. The lowest BCUT2D eigenvalue weighted by Gasteiger charge is -2.20. The van der Waals surface area contributed by atoms with E-state index in [1.165, 1.54) is 0 Å². The Morgan fingerprint density at radius 3 is 2.43 bits per heavy atom. The Hall–Kier alpha value is -1.26. The topological polar surface area (TPSA) is 64.3 Å². The zero-order valence-corrected chi connectivity index (χ0v) is 13.9. The molecule has 4 nitrogen and oxygen atoms in total. The second-order valence-electron chi connectivity index (χ2n) is 5.29. The van der Waals surface area contributed by atoms with Crippen LogP contribution in [0.3, 0.4) is 0 Å². The molecule has 21 heavy (non-hydrogen) atoms. The molecule has 1 aromatic carbocycles. The highest BCUT2D eigenvalue weighted by Crippen LogP contribution is 2.10. The van der Waals surface area contributed by atoms with Crippen LogP contribution in [0.5, 0.6) is 0 Å². The fourth-order valence-corrected chi connectivity index (χ4v) is 2.06. The van der Waals surface area contributed by atoms with E-state index in [0.29, 0.717) is 31.2 Å². The number of ether oxygens (including phenoxy) is 1. The highest BCUT2D eigenvalue weighted by atomic mass is 35.5. The number of hydrogen-bond donors (Lipinski definition) is 2. The molecule has 0 spiro atoms. The number of nitrogens with two attached hydrogens (primary N) is 1. The molecule has 1 aromatic rings. The van der Waals surface area contributed by atoms with Crippen LogP contribution in [0.15, 0.2) is 24.3 Å². The normalized spacial score (nSPS) is 11.8. The molecule has 5 heteroatoms. The average molecular weight is 315 g/mol. The molecule has 0 aliphatic heterocycles. The number of anilines is 1. The van der Waals surface area contributed by atoms with Crippen molar-refractivity contribution in [1.82, 2.24) is 5.32 Å². The lowest BCUT2D eigenvalue weighted by atomic mass is 10.0. The number of halogens is 1. The van der Waals surface area contributed by atoms with Crippen LogP contribution in [0.25, 0.3) is 0 Å². The van der Waals surface area contributed by atoms with E-state index in [2.05, 4.69) is 19.2 Å². The van der Waals surface area contributed by atoms with Gasteiger partial charge >= 0.3 is 0 Å². The smallest absolute Gasteiger partial charge is 0.224 e. The minimum absolute atomic E-state index is 0. The van der Waals surface area contributed by atoms with E-state index in [4.69, 9.17) is 10.5 Å². The van der Waals surface area contributed by atoms with E-state index in [9.17, 15) is 4.79 Å². The van der Waals surface area contributed by atoms with Gasteiger partial charge in [-0.1, -0.05) is 26.0 Å². The molecule has 120 valence electrons. The van der Waals surface area contributed by atoms with Gasteiger partial charge in [-0.05, 0) is 37.0 Å². The summed E-state index contributed by atoms with van der Waals surface area (Å²) in [4.78, 5) is 11.8. The van der Waals surface area contributed by atoms with E-state index < -0.39 is 0 Å². The highest BCUT2D eigenvalue weighted by Gasteiger charge is 2.13. The van der Waals surface area contributed by atoms with Crippen molar-refractivity contribution in [1.29, 1.82) is 0 Å². The number of hydrogen-bond acceptors (Lipinski definition) is 3. The highest BCUT2D eigenvalue weighted by molar-refractivity contribution is 5.85. The summed E-state index contributed by atoms with van der Waals surface area (Å²) in [6, 6.07) is 7.39. The Morgan fingerprint density at radius 2 is 1.90 bits per heavy atom. The first-order chi connectivity index (χ1) is 9.52. The van der Waals surface area contributed by atoms with Crippen molar-refractivity contribution >= 4 is 24.0 Å². The Morgan fingerprint density at radius 1 is 1.29 bits per heavy atom.